The van der Waals surface area contributed by atoms with E-state index in [0.29, 0.717) is 18.1 Å². The molecule has 2 aromatic heterocycles. The third-order valence-electron chi connectivity index (χ3n) is 6.75. The Morgan fingerprint density at radius 3 is 2.12 bits per heavy atom. The summed E-state index contributed by atoms with van der Waals surface area (Å²) in [7, 11) is 0. The molecule has 0 saturated carbocycles. The first-order chi connectivity index (χ1) is 20.6. The summed E-state index contributed by atoms with van der Waals surface area (Å²) < 4.78 is 7.85. The van der Waals surface area contributed by atoms with Gasteiger partial charge in [0.1, 0.15) is 11.5 Å². The van der Waals surface area contributed by atoms with Crippen molar-refractivity contribution in [1.82, 2.24) is 4.68 Å². The molecule has 0 aliphatic heterocycles. The van der Waals surface area contributed by atoms with Crippen molar-refractivity contribution >= 4 is 23.2 Å². The number of hydrogen-bond donors (Lipinski definition) is 0. The zero-order chi connectivity index (χ0) is 28.7. The Kier molecular flexibility index (Phi) is 7.96. The minimum Gasteiger partial charge on any atom is -0.455 e. The van der Waals surface area contributed by atoms with Crippen LogP contribution in [-0.2, 0) is 6.42 Å². The number of nitrogens with zero attached hydrogens (tertiary/aromatic N) is 4. The molecule has 42 heavy (non-hydrogen) atoms. The molecule has 0 spiro atoms. The van der Waals surface area contributed by atoms with E-state index in [1.54, 1.807) is 29.7 Å². The zero-order valence-electron chi connectivity index (χ0n) is 22.5. The summed E-state index contributed by atoms with van der Waals surface area (Å²) in [5.41, 5.74) is 6.28. The predicted octanol–water partition coefficient (Wildman–Crippen LogP) is 8.08. The molecule has 6 aromatic rings. The van der Waals surface area contributed by atoms with Crippen LogP contribution in [0.4, 0.5) is 5.69 Å². The Labute approximate surface area is 246 Å². The van der Waals surface area contributed by atoms with Crippen molar-refractivity contribution in [3.05, 3.63) is 153 Å². The van der Waals surface area contributed by atoms with Crippen LogP contribution in [-0.4, -0.2) is 22.4 Å². The molecule has 0 saturated heterocycles. The molecular formula is C34H26N4O3S. The van der Waals surface area contributed by atoms with Gasteiger partial charge in [-0.05, 0) is 47.4 Å². The second kappa shape index (κ2) is 12.4. The third kappa shape index (κ3) is 6.19. The van der Waals surface area contributed by atoms with E-state index in [4.69, 9.17) is 14.5 Å². The predicted molar refractivity (Wildman–Crippen MR) is 168 cm³/mol. The van der Waals surface area contributed by atoms with E-state index < -0.39 is 4.92 Å². The van der Waals surface area contributed by atoms with E-state index in [9.17, 15) is 10.1 Å². The number of rotatable bonds is 9. The quantitative estimate of drug-likeness (QED) is 0.100. The van der Waals surface area contributed by atoms with Gasteiger partial charge < -0.3 is 4.42 Å². The van der Waals surface area contributed by atoms with E-state index in [0.717, 1.165) is 33.6 Å². The van der Waals surface area contributed by atoms with Crippen LogP contribution in [0.15, 0.2) is 141 Å². The van der Waals surface area contributed by atoms with Gasteiger partial charge >= 0.3 is 0 Å². The summed E-state index contributed by atoms with van der Waals surface area (Å²) in [6.45, 7) is 0.636. The van der Waals surface area contributed by atoms with Crippen LogP contribution in [0.3, 0.4) is 0 Å². The summed E-state index contributed by atoms with van der Waals surface area (Å²) in [5, 5.41) is 17.8. The van der Waals surface area contributed by atoms with Crippen LogP contribution in [0, 0.1) is 10.1 Å². The Balaban J connectivity index is 1.30. The second-order valence-electron chi connectivity index (χ2n) is 9.53. The van der Waals surface area contributed by atoms with E-state index in [2.05, 4.69) is 53.9 Å². The highest BCUT2D eigenvalue weighted by Crippen LogP contribution is 2.26. The van der Waals surface area contributed by atoms with Crippen molar-refractivity contribution in [1.29, 1.82) is 0 Å². The van der Waals surface area contributed by atoms with Crippen molar-refractivity contribution in [2.75, 3.05) is 6.54 Å². The van der Waals surface area contributed by atoms with Gasteiger partial charge in [-0.25, -0.2) is 4.68 Å². The van der Waals surface area contributed by atoms with Gasteiger partial charge in [-0.3, -0.25) is 15.1 Å². The molecule has 2 heterocycles. The maximum Gasteiger partial charge on any atom is 0.269 e. The molecule has 6 rings (SSSR count). The summed E-state index contributed by atoms with van der Waals surface area (Å²) in [6, 6.07) is 39.0. The van der Waals surface area contributed by atoms with Gasteiger partial charge in [0.15, 0.2) is 0 Å². The van der Waals surface area contributed by atoms with Gasteiger partial charge in [0.2, 0.25) is 4.80 Å². The van der Waals surface area contributed by atoms with Crippen molar-refractivity contribution in [3.8, 4) is 33.7 Å². The first-order valence-corrected chi connectivity index (χ1v) is 14.3. The molecule has 0 amide bonds. The lowest BCUT2D eigenvalue weighted by Gasteiger charge is -2.06. The van der Waals surface area contributed by atoms with Gasteiger partial charge in [-0.15, -0.1) is 11.3 Å². The lowest BCUT2D eigenvalue weighted by molar-refractivity contribution is -0.384. The average molecular weight is 571 g/mol. The number of benzene rings is 4. The van der Waals surface area contributed by atoms with Crippen LogP contribution in [0.5, 0.6) is 0 Å². The Hall–Kier alpha value is -5.34. The highest BCUT2D eigenvalue weighted by molar-refractivity contribution is 7.07. The van der Waals surface area contributed by atoms with Gasteiger partial charge in [0, 0.05) is 35.2 Å². The number of nitro groups is 1. The topological polar surface area (TPSA) is 85.9 Å². The first kappa shape index (κ1) is 26.9. The minimum absolute atomic E-state index is 0.0359. The summed E-state index contributed by atoms with van der Waals surface area (Å²) >= 11 is 1.54. The van der Waals surface area contributed by atoms with Gasteiger partial charge in [-0.1, -0.05) is 84.9 Å². The highest BCUT2D eigenvalue weighted by atomic mass is 32.1. The van der Waals surface area contributed by atoms with Crippen LogP contribution >= 0.6 is 11.3 Å². The molecule has 0 aliphatic carbocycles. The van der Waals surface area contributed by atoms with E-state index in [1.165, 1.54) is 23.3 Å². The first-order valence-electron chi connectivity index (χ1n) is 13.4. The molecule has 0 aliphatic rings. The molecule has 7 nitrogen and oxygen atoms in total. The van der Waals surface area contributed by atoms with Crippen LogP contribution in [0.2, 0.25) is 0 Å². The smallest absolute Gasteiger partial charge is 0.269 e. The molecule has 0 fully saturated rings. The SMILES string of the molecule is O=[N+]([O-])c1ccc(-c2ccc(/C=N\n3c(-c4ccc(-c5ccccc5)cc4)csc3=NCCc3ccccc3)o2)cc1. The van der Waals surface area contributed by atoms with Crippen LogP contribution in [0.1, 0.15) is 11.3 Å². The van der Waals surface area contributed by atoms with Gasteiger partial charge in [0.25, 0.3) is 5.69 Å². The largest absolute Gasteiger partial charge is 0.455 e. The number of hydrogen-bond acceptors (Lipinski definition) is 6. The monoisotopic (exact) mass is 570 g/mol. The lowest BCUT2D eigenvalue weighted by Crippen LogP contribution is -2.13. The van der Waals surface area contributed by atoms with Gasteiger partial charge in [-0.2, -0.15) is 5.10 Å². The van der Waals surface area contributed by atoms with Crippen molar-refractivity contribution in [3.63, 3.8) is 0 Å². The molecule has 0 atom stereocenters. The summed E-state index contributed by atoms with van der Waals surface area (Å²) in [4.78, 5) is 16.2. The number of furan rings is 1. The second-order valence-corrected chi connectivity index (χ2v) is 10.4. The number of aromatic nitrogens is 1. The fourth-order valence-electron chi connectivity index (χ4n) is 4.55. The normalized spacial score (nSPS) is 11.8. The molecule has 206 valence electrons. The van der Waals surface area contributed by atoms with E-state index in [1.807, 2.05) is 53.2 Å². The molecule has 4 aromatic carbocycles. The summed E-state index contributed by atoms with van der Waals surface area (Å²) in [6.07, 6.45) is 2.50. The number of nitro benzene ring substituents is 1. The maximum absolute atomic E-state index is 11.0. The molecular weight excluding hydrogens is 544 g/mol. The zero-order valence-corrected chi connectivity index (χ0v) is 23.4. The molecule has 0 bridgehead atoms. The Bertz CT molecular complexity index is 1890. The number of thiazole rings is 1. The summed E-state index contributed by atoms with van der Waals surface area (Å²) in [5.74, 6) is 1.16. The maximum atomic E-state index is 11.0. The van der Waals surface area contributed by atoms with Crippen LogP contribution < -0.4 is 4.80 Å². The van der Waals surface area contributed by atoms with E-state index in [-0.39, 0.29) is 5.69 Å². The fraction of sp³-hybridized carbons (Fsp3) is 0.0588. The lowest BCUT2D eigenvalue weighted by atomic mass is 10.0. The molecule has 0 N–H and O–H groups in total. The average Bonchev–Trinajstić information content (AvgIpc) is 3.68. The minimum atomic E-state index is -0.419. The van der Waals surface area contributed by atoms with Crippen molar-refractivity contribution in [2.45, 2.75) is 6.42 Å². The molecule has 0 unspecified atom stereocenters. The fourth-order valence-corrected chi connectivity index (χ4v) is 5.41. The Morgan fingerprint density at radius 1 is 0.762 bits per heavy atom. The molecule has 0 radical (unpaired) electrons. The van der Waals surface area contributed by atoms with Crippen molar-refractivity contribution < 1.29 is 9.34 Å². The van der Waals surface area contributed by atoms with Gasteiger partial charge in [0.05, 0.1) is 16.8 Å². The third-order valence-corrected chi connectivity index (χ3v) is 7.61. The van der Waals surface area contributed by atoms with Crippen LogP contribution in [0.25, 0.3) is 33.7 Å². The molecule has 8 heteroatoms. The highest BCUT2D eigenvalue weighted by Gasteiger charge is 2.10. The Morgan fingerprint density at radius 2 is 1.40 bits per heavy atom. The standard InChI is InChI=1S/C34H26N4O3S/c39-38(40)30-17-15-29(16-18-30)33-20-19-31(41-33)23-36-37-32(24-42-34(37)35-22-21-25-7-3-1-4-8-25)28-13-11-27(12-14-28)26-9-5-2-6-10-26/h1-20,23-24H,21-22H2/b35-34?,36-23-. The number of non-ortho nitro benzene ring substituents is 1. The van der Waals surface area contributed by atoms with Crippen molar-refractivity contribution in [2.24, 2.45) is 10.1 Å². The van der Waals surface area contributed by atoms with E-state index >= 15 is 0 Å².